The summed E-state index contributed by atoms with van der Waals surface area (Å²) in [6.45, 7) is 2.14. The van der Waals surface area contributed by atoms with Gasteiger partial charge in [-0.3, -0.25) is 0 Å². The average Bonchev–Trinajstić information content (AvgIpc) is 2.36. The Kier molecular flexibility index (Phi) is 12.6. The molecular formula is C16H24O2. The van der Waals surface area contributed by atoms with Crippen LogP contribution < -0.4 is 0 Å². The van der Waals surface area contributed by atoms with E-state index in [4.69, 9.17) is 5.11 Å². The van der Waals surface area contributed by atoms with Crippen molar-refractivity contribution in [2.45, 2.75) is 32.3 Å². The third-order valence-electron chi connectivity index (χ3n) is 2.19. The van der Waals surface area contributed by atoms with E-state index in [-0.39, 0.29) is 12.7 Å². The van der Waals surface area contributed by atoms with Crippen molar-refractivity contribution in [3.63, 3.8) is 0 Å². The smallest absolute Gasteiger partial charge is 0.0615 e. The highest BCUT2D eigenvalue weighted by Gasteiger charge is 1.96. The van der Waals surface area contributed by atoms with Gasteiger partial charge in [-0.15, -0.1) is 0 Å². The van der Waals surface area contributed by atoms with E-state index < -0.39 is 0 Å². The summed E-state index contributed by atoms with van der Waals surface area (Å²) in [7, 11) is 0. The number of hydrogen-bond donors (Lipinski definition) is 2. The minimum atomic E-state index is -0.212. The molecule has 0 aromatic rings. The standard InChI is InChI=1S/C16H24O2/c1-2-13-16(18)14-11-9-7-5-3-4-6-8-10-12-15-17/h3-12,16-18H,2,13-15H2,1H3. The van der Waals surface area contributed by atoms with Gasteiger partial charge in [-0.25, -0.2) is 0 Å². The second-order valence-electron chi connectivity index (χ2n) is 3.87. The maximum Gasteiger partial charge on any atom is 0.0615 e. The predicted octanol–water partition coefficient (Wildman–Crippen LogP) is 3.31. The van der Waals surface area contributed by atoms with Crippen molar-refractivity contribution in [2.24, 2.45) is 0 Å². The van der Waals surface area contributed by atoms with E-state index >= 15 is 0 Å². The van der Waals surface area contributed by atoms with Crippen LogP contribution >= 0.6 is 0 Å². The molecule has 0 saturated carbocycles. The van der Waals surface area contributed by atoms with E-state index in [9.17, 15) is 5.11 Å². The zero-order chi connectivity index (χ0) is 13.5. The summed E-state index contributed by atoms with van der Waals surface area (Å²) in [6, 6.07) is 0. The number of aliphatic hydroxyl groups is 2. The molecule has 0 spiro atoms. The van der Waals surface area contributed by atoms with E-state index in [1.807, 2.05) is 48.6 Å². The van der Waals surface area contributed by atoms with Crippen molar-refractivity contribution >= 4 is 0 Å². The van der Waals surface area contributed by atoms with Crippen LogP contribution in [0.3, 0.4) is 0 Å². The lowest BCUT2D eigenvalue weighted by atomic mass is 10.1. The monoisotopic (exact) mass is 248 g/mol. The van der Waals surface area contributed by atoms with E-state index in [0.717, 1.165) is 12.8 Å². The topological polar surface area (TPSA) is 40.5 Å². The predicted molar refractivity (Wildman–Crippen MR) is 78.3 cm³/mol. The molecule has 0 rings (SSSR count). The second-order valence-corrected chi connectivity index (χ2v) is 3.87. The van der Waals surface area contributed by atoms with Gasteiger partial charge in [0, 0.05) is 0 Å². The lowest BCUT2D eigenvalue weighted by Crippen LogP contribution is -2.02. The van der Waals surface area contributed by atoms with Crippen LogP contribution in [-0.2, 0) is 0 Å². The first-order valence-electron chi connectivity index (χ1n) is 6.41. The van der Waals surface area contributed by atoms with Crippen molar-refractivity contribution < 1.29 is 10.2 Å². The zero-order valence-electron chi connectivity index (χ0n) is 11.1. The maximum atomic E-state index is 9.47. The molecule has 2 nitrogen and oxygen atoms in total. The van der Waals surface area contributed by atoms with Gasteiger partial charge in [0.25, 0.3) is 0 Å². The lowest BCUT2D eigenvalue weighted by molar-refractivity contribution is 0.167. The van der Waals surface area contributed by atoms with E-state index in [1.54, 1.807) is 12.2 Å². The van der Waals surface area contributed by atoms with Gasteiger partial charge in [0.1, 0.15) is 0 Å². The van der Waals surface area contributed by atoms with Crippen LogP contribution in [0.2, 0.25) is 0 Å². The molecule has 0 amide bonds. The fourth-order valence-corrected chi connectivity index (χ4v) is 1.29. The minimum absolute atomic E-state index is 0.0721. The molecule has 0 fully saturated rings. The Bertz CT molecular complexity index is 309. The normalized spacial score (nSPS) is 15.1. The molecule has 0 aliphatic rings. The van der Waals surface area contributed by atoms with Gasteiger partial charge in [0.05, 0.1) is 12.7 Å². The Hall–Kier alpha value is -1.38. The number of allylic oxidation sites excluding steroid dienone is 8. The van der Waals surface area contributed by atoms with Gasteiger partial charge in [-0.2, -0.15) is 0 Å². The van der Waals surface area contributed by atoms with Crippen LogP contribution in [0.25, 0.3) is 0 Å². The number of aliphatic hydroxyl groups excluding tert-OH is 2. The van der Waals surface area contributed by atoms with Gasteiger partial charge in [0.2, 0.25) is 0 Å². The van der Waals surface area contributed by atoms with Crippen molar-refractivity contribution in [3.8, 4) is 0 Å². The Balaban J connectivity index is 3.70. The molecule has 0 radical (unpaired) electrons. The molecule has 18 heavy (non-hydrogen) atoms. The van der Waals surface area contributed by atoms with Crippen molar-refractivity contribution in [1.82, 2.24) is 0 Å². The van der Waals surface area contributed by atoms with E-state index in [0.29, 0.717) is 6.42 Å². The van der Waals surface area contributed by atoms with Crippen LogP contribution in [0, 0.1) is 0 Å². The van der Waals surface area contributed by atoms with Gasteiger partial charge in [-0.1, -0.05) is 74.1 Å². The fraction of sp³-hybridized carbons (Fsp3) is 0.375. The van der Waals surface area contributed by atoms with Crippen LogP contribution in [0.15, 0.2) is 60.8 Å². The Labute approximate surface area is 110 Å². The SMILES string of the molecule is CCCC(O)CC=CC=CC=CC=CC=CCO. The van der Waals surface area contributed by atoms with Crippen LogP contribution in [-0.4, -0.2) is 22.9 Å². The zero-order valence-corrected chi connectivity index (χ0v) is 11.1. The summed E-state index contributed by atoms with van der Waals surface area (Å²) in [5, 5.41) is 18.0. The third kappa shape index (κ3) is 12.7. The maximum absolute atomic E-state index is 9.47. The first kappa shape index (κ1) is 16.6. The molecule has 0 saturated heterocycles. The largest absolute Gasteiger partial charge is 0.393 e. The molecule has 2 N–H and O–H groups in total. The molecule has 0 heterocycles. The number of rotatable bonds is 9. The summed E-state index contributed by atoms with van der Waals surface area (Å²) in [5.41, 5.74) is 0. The summed E-state index contributed by atoms with van der Waals surface area (Å²) in [6.07, 6.45) is 21.2. The summed E-state index contributed by atoms with van der Waals surface area (Å²) < 4.78 is 0. The molecule has 0 aliphatic carbocycles. The summed E-state index contributed by atoms with van der Waals surface area (Å²) in [5.74, 6) is 0. The third-order valence-corrected chi connectivity index (χ3v) is 2.19. The van der Waals surface area contributed by atoms with E-state index in [1.165, 1.54) is 0 Å². The first-order chi connectivity index (χ1) is 8.81. The summed E-state index contributed by atoms with van der Waals surface area (Å²) in [4.78, 5) is 0. The van der Waals surface area contributed by atoms with Crippen molar-refractivity contribution in [2.75, 3.05) is 6.61 Å². The van der Waals surface area contributed by atoms with Crippen molar-refractivity contribution in [1.29, 1.82) is 0 Å². The molecule has 1 atom stereocenters. The Morgan fingerprint density at radius 2 is 1.33 bits per heavy atom. The van der Waals surface area contributed by atoms with Gasteiger partial charge < -0.3 is 10.2 Å². The molecular weight excluding hydrogens is 224 g/mol. The molecule has 0 aromatic carbocycles. The summed E-state index contributed by atoms with van der Waals surface area (Å²) >= 11 is 0. The van der Waals surface area contributed by atoms with Gasteiger partial charge >= 0.3 is 0 Å². The van der Waals surface area contributed by atoms with E-state index in [2.05, 4.69) is 6.92 Å². The molecule has 1 unspecified atom stereocenters. The lowest BCUT2D eigenvalue weighted by Gasteiger charge is -2.03. The first-order valence-corrected chi connectivity index (χ1v) is 6.41. The highest BCUT2D eigenvalue weighted by molar-refractivity contribution is 5.17. The average molecular weight is 248 g/mol. The van der Waals surface area contributed by atoms with Crippen LogP contribution in [0.4, 0.5) is 0 Å². The molecule has 0 bridgehead atoms. The minimum Gasteiger partial charge on any atom is -0.393 e. The quantitative estimate of drug-likeness (QED) is 0.615. The van der Waals surface area contributed by atoms with Gasteiger partial charge in [-0.05, 0) is 12.8 Å². The number of hydrogen-bond acceptors (Lipinski definition) is 2. The Morgan fingerprint density at radius 1 is 0.833 bits per heavy atom. The highest BCUT2D eigenvalue weighted by Crippen LogP contribution is 2.01. The molecule has 2 heteroatoms. The second kappa shape index (κ2) is 13.7. The van der Waals surface area contributed by atoms with Crippen molar-refractivity contribution in [3.05, 3.63) is 60.8 Å². The Morgan fingerprint density at radius 3 is 1.83 bits per heavy atom. The van der Waals surface area contributed by atoms with Crippen LogP contribution in [0.1, 0.15) is 26.2 Å². The highest BCUT2D eigenvalue weighted by atomic mass is 16.3. The molecule has 0 aromatic heterocycles. The molecule has 0 aliphatic heterocycles. The fourth-order valence-electron chi connectivity index (χ4n) is 1.29. The molecule has 100 valence electrons. The van der Waals surface area contributed by atoms with Gasteiger partial charge in [0.15, 0.2) is 0 Å². The van der Waals surface area contributed by atoms with Crippen LogP contribution in [0.5, 0.6) is 0 Å².